The molecule has 108 valence electrons. The van der Waals surface area contributed by atoms with Gasteiger partial charge in [-0.25, -0.2) is 0 Å². The molecule has 3 heteroatoms. The highest BCUT2D eigenvalue weighted by molar-refractivity contribution is 5.09. The van der Waals surface area contributed by atoms with Gasteiger partial charge in [0.15, 0.2) is 0 Å². The molecule has 2 atom stereocenters. The van der Waals surface area contributed by atoms with Crippen molar-refractivity contribution in [2.45, 2.75) is 66.0 Å². The molecular weight excluding hydrogens is 234 g/mol. The van der Waals surface area contributed by atoms with Crippen molar-refractivity contribution in [1.29, 1.82) is 0 Å². The fourth-order valence-corrected chi connectivity index (χ4v) is 2.88. The first-order chi connectivity index (χ1) is 8.94. The Balaban J connectivity index is 1.98. The van der Waals surface area contributed by atoms with E-state index in [2.05, 4.69) is 56.9 Å². The number of nitrogens with zero attached hydrogens (tertiary/aromatic N) is 2. The van der Waals surface area contributed by atoms with Crippen LogP contribution in [-0.2, 0) is 6.42 Å². The molecule has 0 bridgehead atoms. The second kappa shape index (κ2) is 5.66. The van der Waals surface area contributed by atoms with Crippen LogP contribution in [0.25, 0.3) is 0 Å². The zero-order chi connectivity index (χ0) is 14.0. The van der Waals surface area contributed by atoms with Gasteiger partial charge >= 0.3 is 0 Å². The summed E-state index contributed by atoms with van der Waals surface area (Å²) < 4.78 is 2.06. The zero-order valence-corrected chi connectivity index (χ0v) is 13.1. The first-order valence-corrected chi connectivity index (χ1v) is 7.71. The topological polar surface area (TPSA) is 29.9 Å². The van der Waals surface area contributed by atoms with Gasteiger partial charge in [0.2, 0.25) is 0 Å². The molecule has 1 heterocycles. The van der Waals surface area contributed by atoms with Crippen molar-refractivity contribution in [3.05, 3.63) is 18.0 Å². The van der Waals surface area contributed by atoms with Gasteiger partial charge in [0.05, 0.1) is 5.69 Å². The van der Waals surface area contributed by atoms with Gasteiger partial charge in [-0.15, -0.1) is 0 Å². The Labute approximate surface area is 117 Å². The molecule has 0 aliphatic heterocycles. The molecule has 1 fully saturated rings. The Morgan fingerprint density at radius 3 is 2.63 bits per heavy atom. The van der Waals surface area contributed by atoms with Crippen LogP contribution in [0, 0.1) is 11.3 Å². The maximum Gasteiger partial charge on any atom is 0.0640 e. The van der Waals surface area contributed by atoms with E-state index in [0.717, 1.165) is 18.9 Å². The van der Waals surface area contributed by atoms with E-state index >= 15 is 0 Å². The van der Waals surface area contributed by atoms with Gasteiger partial charge in [0, 0.05) is 24.7 Å². The Hall–Kier alpha value is -0.830. The molecular formula is C16H29N3. The normalized spacial score (nSPS) is 22.7. The molecule has 1 saturated carbocycles. The predicted octanol–water partition coefficient (Wildman–Crippen LogP) is 3.42. The van der Waals surface area contributed by atoms with Crippen LogP contribution in [0.15, 0.2) is 12.3 Å². The van der Waals surface area contributed by atoms with E-state index in [1.54, 1.807) is 0 Å². The van der Waals surface area contributed by atoms with Crippen LogP contribution in [0.3, 0.4) is 0 Å². The molecule has 1 aliphatic rings. The average Bonchev–Trinajstić information content (AvgIpc) is 2.77. The van der Waals surface area contributed by atoms with Crippen molar-refractivity contribution in [1.82, 2.24) is 15.1 Å². The lowest BCUT2D eigenvalue weighted by Gasteiger charge is -2.19. The Bertz CT molecular complexity index is 406. The van der Waals surface area contributed by atoms with Crippen molar-refractivity contribution in [2.75, 3.05) is 6.54 Å². The summed E-state index contributed by atoms with van der Waals surface area (Å²) in [5.41, 5.74) is 1.75. The Morgan fingerprint density at radius 1 is 1.47 bits per heavy atom. The second-order valence-electron chi connectivity index (χ2n) is 6.94. The smallest absolute Gasteiger partial charge is 0.0640 e. The summed E-state index contributed by atoms with van der Waals surface area (Å²) in [7, 11) is 0. The summed E-state index contributed by atoms with van der Waals surface area (Å²) in [6.07, 6.45) is 5.71. The summed E-state index contributed by atoms with van der Waals surface area (Å²) in [5, 5.41) is 8.42. The van der Waals surface area contributed by atoms with Crippen LogP contribution in [0.2, 0.25) is 0 Å². The quantitative estimate of drug-likeness (QED) is 0.817. The minimum Gasteiger partial charge on any atom is -0.313 e. The monoisotopic (exact) mass is 263 g/mol. The van der Waals surface area contributed by atoms with Crippen molar-refractivity contribution in [3.8, 4) is 0 Å². The Kier molecular flexibility index (Phi) is 4.34. The van der Waals surface area contributed by atoms with Crippen molar-refractivity contribution < 1.29 is 0 Å². The van der Waals surface area contributed by atoms with Gasteiger partial charge < -0.3 is 5.32 Å². The number of hydrogen-bond acceptors (Lipinski definition) is 2. The first kappa shape index (κ1) is 14.6. The van der Waals surface area contributed by atoms with E-state index in [9.17, 15) is 0 Å². The first-order valence-electron chi connectivity index (χ1n) is 7.71. The van der Waals surface area contributed by atoms with Crippen LogP contribution in [0.4, 0.5) is 0 Å². The molecule has 2 rings (SSSR count). The highest BCUT2D eigenvalue weighted by Crippen LogP contribution is 2.54. The molecule has 0 spiro atoms. The summed E-state index contributed by atoms with van der Waals surface area (Å²) in [6, 6.07) is 3.22. The molecule has 2 unspecified atom stereocenters. The molecule has 0 amide bonds. The number of hydrogen-bond donors (Lipinski definition) is 1. The van der Waals surface area contributed by atoms with Crippen LogP contribution < -0.4 is 5.32 Å². The maximum atomic E-state index is 4.69. The van der Waals surface area contributed by atoms with Crippen molar-refractivity contribution in [2.24, 2.45) is 11.3 Å². The molecule has 1 aromatic heterocycles. The highest BCUT2D eigenvalue weighted by atomic mass is 15.3. The summed E-state index contributed by atoms with van der Waals surface area (Å²) in [6.45, 7) is 12.5. The summed E-state index contributed by atoms with van der Waals surface area (Å²) in [4.78, 5) is 0. The molecule has 1 N–H and O–H groups in total. The number of nitrogens with one attached hydrogen (secondary N) is 1. The van der Waals surface area contributed by atoms with Gasteiger partial charge in [-0.05, 0) is 50.6 Å². The largest absolute Gasteiger partial charge is 0.313 e. The van der Waals surface area contributed by atoms with Crippen LogP contribution in [0.5, 0.6) is 0 Å². The van der Waals surface area contributed by atoms with Gasteiger partial charge in [0.25, 0.3) is 0 Å². The van der Waals surface area contributed by atoms with Gasteiger partial charge in [-0.2, -0.15) is 5.10 Å². The molecule has 1 aromatic rings. The van der Waals surface area contributed by atoms with Gasteiger partial charge in [0.1, 0.15) is 0 Å². The maximum absolute atomic E-state index is 4.69. The molecule has 0 aromatic carbocycles. The fraction of sp³-hybridized carbons (Fsp3) is 0.812. The third-order valence-electron chi connectivity index (χ3n) is 4.35. The SMILES string of the molecule is CCCNC(Cc1ccn(C(C)C)n1)C1CC1(C)C. The molecule has 0 radical (unpaired) electrons. The van der Waals surface area contributed by atoms with Gasteiger partial charge in [-0.3, -0.25) is 4.68 Å². The van der Waals surface area contributed by atoms with Crippen molar-refractivity contribution >= 4 is 0 Å². The van der Waals surface area contributed by atoms with Crippen molar-refractivity contribution in [3.63, 3.8) is 0 Å². The molecule has 0 saturated heterocycles. The van der Waals surface area contributed by atoms with E-state index in [1.165, 1.54) is 18.5 Å². The van der Waals surface area contributed by atoms with Gasteiger partial charge in [-0.1, -0.05) is 20.8 Å². The predicted molar refractivity (Wildman–Crippen MR) is 80.3 cm³/mol. The zero-order valence-electron chi connectivity index (χ0n) is 13.1. The summed E-state index contributed by atoms with van der Waals surface area (Å²) >= 11 is 0. The molecule has 1 aliphatic carbocycles. The Morgan fingerprint density at radius 2 is 2.16 bits per heavy atom. The highest BCUT2D eigenvalue weighted by Gasteiger charge is 2.49. The fourth-order valence-electron chi connectivity index (χ4n) is 2.88. The second-order valence-corrected chi connectivity index (χ2v) is 6.94. The lowest BCUT2D eigenvalue weighted by atomic mass is 10.00. The summed E-state index contributed by atoms with van der Waals surface area (Å²) in [5.74, 6) is 0.809. The minimum absolute atomic E-state index is 0.452. The minimum atomic E-state index is 0.452. The molecule has 19 heavy (non-hydrogen) atoms. The van der Waals surface area contributed by atoms with E-state index in [1.807, 2.05) is 0 Å². The standard InChI is InChI=1S/C16H29N3/c1-6-8-17-15(14-11-16(14,4)5)10-13-7-9-19(18-13)12(2)3/h7,9,12,14-15,17H,6,8,10-11H2,1-5H3. The van der Waals surface area contributed by atoms with E-state index < -0.39 is 0 Å². The lowest BCUT2D eigenvalue weighted by molar-refractivity contribution is 0.397. The van der Waals surface area contributed by atoms with Crippen LogP contribution in [-0.4, -0.2) is 22.4 Å². The lowest BCUT2D eigenvalue weighted by Crippen LogP contribution is -2.35. The number of aromatic nitrogens is 2. The van der Waals surface area contributed by atoms with E-state index in [0.29, 0.717) is 17.5 Å². The number of rotatable bonds is 7. The third-order valence-corrected chi connectivity index (χ3v) is 4.35. The third kappa shape index (κ3) is 3.59. The van der Waals surface area contributed by atoms with Crippen LogP contribution in [0.1, 0.15) is 59.2 Å². The molecule has 3 nitrogen and oxygen atoms in total. The van der Waals surface area contributed by atoms with E-state index in [4.69, 9.17) is 5.10 Å². The van der Waals surface area contributed by atoms with E-state index in [-0.39, 0.29) is 0 Å². The van der Waals surface area contributed by atoms with Crippen LogP contribution >= 0.6 is 0 Å². The average molecular weight is 263 g/mol.